The van der Waals surface area contributed by atoms with Crippen LogP contribution in [0.3, 0.4) is 0 Å². The molecule has 2 heterocycles. The number of amides is 3. The number of benzene rings is 4. The van der Waals surface area contributed by atoms with Crippen LogP contribution in [0.1, 0.15) is 38.5 Å². The molecule has 0 radical (unpaired) electrons. The van der Waals surface area contributed by atoms with E-state index in [0.29, 0.717) is 22.7 Å². The quantitative estimate of drug-likeness (QED) is 0.235. The van der Waals surface area contributed by atoms with Gasteiger partial charge in [0.2, 0.25) is 18.6 Å². The summed E-state index contributed by atoms with van der Waals surface area (Å²) in [7, 11) is 0. The van der Waals surface area contributed by atoms with Crippen LogP contribution in [0.2, 0.25) is 0 Å². The first-order valence-electron chi connectivity index (χ1n) is 13.5. The van der Waals surface area contributed by atoms with E-state index in [4.69, 9.17) is 9.47 Å². The molecule has 8 heteroatoms. The van der Waals surface area contributed by atoms with Crippen LogP contribution in [0.25, 0.3) is 0 Å². The van der Waals surface area contributed by atoms with Gasteiger partial charge < -0.3 is 9.47 Å². The summed E-state index contributed by atoms with van der Waals surface area (Å²) >= 11 is 0. The molecule has 3 aliphatic carbocycles. The van der Waals surface area contributed by atoms with E-state index >= 15 is 0 Å². The van der Waals surface area contributed by atoms with Crippen LogP contribution in [0.15, 0.2) is 102 Å². The molecule has 9 rings (SSSR count). The Morgan fingerprint density at radius 1 is 0.829 bits per heavy atom. The molecule has 1 N–H and O–H groups in total. The third-order valence-corrected chi connectivity index (χ3v) is 8.77. The Labute approximate surface area is 235 Å². The highest BCUT2D eigenvalue weighted by molar-refractivity contribution is 6.25. The van der Waals surface area contributed by atoms with Crippen LogP contribution >= 0.6 is 0 Å². The fourth-order valence-electron chi connectivity index (χ4n) is 7.18. The van der Waals surface area contributed by atoms with Crippen molar-refractivity contribution in [2.24, 2.45) is 16.9 Å². The number of hydrogen-bond donors (Lipinski definition) is 1. The van der Waals surface area contributed by atoms with E-state index < -0.39 is 23.2 Å². The van der Waals surface area contributed by atoms with Crippen LogP contribution in [0.4, 0.5) is 5.69 Å². The second kappa shape index (κ2) is 8.63. The third kappa shape index (κ3) is 3.15. The summed E-state index contributed by atoms with van der Waals surface area (Å²) in [4.78, 5) is 42.9. The van der Waals surface area contributed by atoms with E-state index in [-0.39, 0.29) is 24.5 Å². The van der Waals surface area contributed by atoms with Crippen molar-refractivity contribution >= 4 is 29.6 Å². The van der Waals surface area contributed by atoms with Gasteiger partial charge >= 0.3 is 0 Å². The van der Waals surface area contributed by atoms with E-state index in [1.165, 1.54) is 4.90 Å². The van der Waals surface area contributed by atoms with Crippen molar-refractivity contribution in [3.8, 4) is 11.5 Å². The number of hydrogen-bond acceptors (Lipinski definition) is 6. The van der Waals surface area contributed by atoms with Crippen molar-refractivity contribution in [3.63, 3.8) is 0 Å². The van der Waals surface area contributed by atoms with Gasteiger partial charge in [0.15, 0.2) is 11.5 Å². The molecule has 0 unspecified atom stereocenters. The number of carbonyl (C=O) groups excluding carboxylic acids is 3. The molecule has 0 aromatic heterocycles. The average Bonchev–Trinajstić information content (AvgIpc) is 3.59. The predicted octanol–water partition coefficient (Wildman–Crippen LogP) is 4.38. The van der Waals surface area contributed by atoms with Crippen LogP contribution < -0.4 is 19.8 Å². The number of imide groups is 1. The summed E-state index contributed by atoms with van der Waals surface area (Å²) in [6.07, 6.45) is 1.66. The molecule has 4 aromatic rings. The zero-order valence-corrected chi connectivity index (χ0v) is 21.7. The summed E-state index contributed by atoms with van der Waals surface area (Å²) in [6.45, 7) is 0.107. The van der Waals surface area contributed by atoms with Crippen LogP contribution in [0.5, 0.6) is 11.5 Å². The van der Waals surface area contributed by atoms with Crippen molar-refractivity contribution in [2.45, 2.75) is 11.3 Å². The zero-order chi connectivity index (χ0) is 27.7. The smallest absolute Gasteiger partial charge is 0.271 e. The minimum Gasteiger partial charge on any atom is -0.454 e. The van der Waals surface area contributed by atoms with Crippen molar-refractivity contribution in [1.29, 1.82) is 0 Å². The highest BCUT2D eigenvalue weighted by Gasteiger charge is 2.68. The van der Waals surface area contributed by atoms with Gasteiger partial charge in [0.1, 0.15) is 0 Å². The van der Waals surface area contributed by atoms with Crippen molar-refractivity contribution < 1.29 is 23.9 Å². The number of rotatable bonds is 4. The Morgan fingerprint density at radius 3 is 2.22 bits per heavy atom. The van der Waals surface area contributed by atoms with E-state index in [2.05, 4.69) is 10.5 Å². The van der Waals surface area contributed by atoms with Crippen LogP contribution in [0, 0.1) is 11.8 Å². The number of para-hydroxylation sites is 1. The normalized spacial score (nSPS) is 24.8. The van der Waals surface area contributed by atoms with E-state index in [0.717, 1.165) is 22.3 Å². The summed E-state index contributed by atoms with van der Waals surface area (Å²) in [5.74, 6) is -1.45. The van der Waals surface area contributed by atoms with Gasteiger partial charge in [-0.15, -0.1) is 0 Å². The minimum absolute atomic E-state index is 0.107. The Morgan fingerprint density at radius 2 is 1.49 bits per heavy atom. The van der Waals surface area contributed by atoms with Gasteiger partial charge in [0.05, 0.1) is 22.9 Å². The summed E-state index contributed by atoms with van der Waals surface area (Å²) in [5.41, 5.74) is 6.32. The maximum atomic E-state index is 14.3. The average molecular weight is 542 g/mol. The van der Waals surface area contributed by atoms with Gasteiger partial charge in [-0.2, -0.15) is 5.10 Å². The molecule has 41 heavy (non-hydrogen) atoms. The van der Waals surface area contributed by atoms with Crippen molar-refractivity contribution in [3.05, 3.63) is 125 Å². The number of carbonyl (C=O) groups is 3. The van der Waals surface area contributed by atoms with E-state index in [1.54, 1.807) is 36.5 Å². The molecule has 2 aliphatic heterocycles. The molecule has 0 spiro atoms. The molecule has 2 bridgehead atoms. The van der Waals surface area contributed by atoms with E-state index in [9.17, 15) is 14.4 Å². The lowest BCUT2D eigenvalue weighted by molar-refractivity contribution is -0.122. The first-order valence-corrected chi connectivity index (χ1v) is 13.5. The zero-order valence-electron chi connectivity index (χ0n) is 21.7. The molecular formula is C33H23N3O5. The molecule has 3 amide bonds. The fourth-order valence-corrected chi connectivity index (χ4v) is 7.18. The van der Waals surface area contributed by atoms with Gasteiger partial charge in [-0.05, 0) is 52.6 Å². The molecule has 4 aromatic carbocycles. The summed E-state index contributed by atoms with van der Waals surface area (Å²) in [5, 5.41) is 4.47. The second-order valence-corrected chi connectivity index (χ2v) is 10.6. The molecule has 1 saturated heterocycles. The second-order valence-electron chi connectivity index (χ2n) is 10.6. The number of anilines is 1. The molecule has 8 nitrogen and oxygen atoms in total. The lowest BCUT2D eigenvalue weighted by Crippen LogP contribution is -2.54. The van der Waals surface area contributed by atoms with Gasteiger partial charge in [-0.3, -0.25) is 14.4 Å². The monoisotopic (exact) mass is 541 g/mol. The molecule has 0 saturated carbocycles. The maximum absolute atomic E-state index is 14.3. The molecule has 5 aliphatic rings. The lowest BCUT2D eigenvalue weighted by Gasteiger charge is -2.52. The van der Waals surface area contributed by atoms with Crippen molar-refractivity contribution in [1.82, 2.24) is 5.43 Å². The molecule has 1 fully saturated rings. The number of fused-ring (bicyclic) bond motifs is 1. The SMILES string of the molecule is O=C(N/N=C/C12c3ccccc3C(c3ccccc31)[C@@H]1C(=O)N(c3ccccc3)C(=O)[C@@H]12)c1ccc2c(c1)OCO2. The number of nitrogens with one attached hydrogen (secondary N) is 1. The van der Waals surface area contributed by atoms with Gasteiger partial charge in [0.25, 0.3) is 5.91 Å². The Hall–Kier alpha value is -5.24. The molecular weight excluding hydrogens is 518 g/mol. The topological polar surface area (TPSA) is 97.3 Å². The maximum Gasteiger partial charge on any atom is 0.271 e. The van der Waals surface area contributed by atoms with Gasteiger partial charge in [-0.25, -0.2) is 10.3 Å². The molecule has 200 valence electrons. The first kappa shape index (κ1) is 23.6. The third-order valence-electron chi connectivity index (χ3n) is 8.77. The van der Waals surface area contributed by atoms with Crippen molar-refractivity contribution in [2.75, 3.05) is 11.7 Å². The standard InChI is InChI=1S/C33H23N3O5/c37-30(19-14-15-25-26(16-19)41-18-40-25)35-34-17-33-23-12-6-4-10-21(23)27(22-11-5-7-13-24(22)33)28-29(33)32(39)36(31(28)38)20-8-2-1-3-9-20/h1-17,27-29H,18H2,(H,35,37)/b34-17+/t27?,28-,29+,33?/m0/s1. The van der Waals surface area contributed by atoms with E-state index in [1.807, 2.05) is 66.7 Å². The largest absolute Gasteiger partial charge is 0.454 e. The predicted molar refractivity (Wildman–Crippen MR) is 150 cm³/mol. The summed E-state index contributed by atoms with van der Waals surface area (Å²) in [6, 6.07) is 29.8. The number of hydrazone groups is 1. The van der Waals surface area contributed by atoms with Crippen LogP contribution in [-0.2, 0) is 15.0 Å². The number of nitrogens with zero attached hydrogens (tertiary/aromatic N) is 2. The Balaban J connectivity index is 1.27. The van der Waals surface area contributed by atoms with Crippen LogP contribution in [-0.4, -0.2) is 30.7 Å². The number of ether oxygens (including phenoxy) is 2. The highest BCUT2D eigenvalue weighted by atomic mass is 16.7. The van der Waals surface area contributed by atoms with Gasteiger partial charge in [-0.1, -0.05) is 66.7 Å². The Kier molecular flexibility index (Phi) is 4.97. The highest BCUT2D eigenvalue weighted by Crippen LogP contribution is 2.63. The first-order chi connectivity index (χ1) is 20.1. The minimum atomic E-state index is -1.06. The lowest BCUT2D eigenvalue weighted by atomic mass is 9.47. The molecule has 2 atom stereocenters. The summed E-state index contributed by atoms with van der Waals surface area (Å²) < 4.78 is 10.8. The van der Waals surface area contributed by atoms with Gasteiger partial charge in [0, 0.05) is 17.7 Å². The fraction of sp³-hybridized carbons (Fsp3) is 0.152. The Bertz CT molecular complexity index is 1750.